The highest BCUT2D eigenvalue weighted by molar-refractivity contribution is 5.24. The molecule has 0 spiro atoms. The van der Waals surface area contributed by atoms with Crippen molar-refractivity contribution in [1.29, 1.82) is 5.26 Å². The average molecular weight is 219 g/mol. The zero-order valence-electron chi connectivity index (χ0n) is 9.04. The molecule has 2 rings (SSSR count). The third-order valence-corrected chi connectivity index (χ3v) is 2.96. The van der Waals surface area contributed by atoms with Gasteiger partial charge in [0.05, 0.1) is 0 Å². The Morgan fingerprint density at radius 2 is 2.19 bits per heavy atom. The molecule has 1 aromatic rings. The summed E-state index contributed by atoms with van der Waals surface area (Å²) in [6.07, 6.45) is 3.09. The van der Waals surface area contributed by atoms with Crippen LogP contribution >= 0.6 is 0 Å². The van der Waals surface area contributed by atoms with E-state index in [-0.39, 0.29) is 0 Å². The molecular formula is C12H14FN3. The Balaban J connectivity index is 2.05. The van der Waals surface area contributed by atoms with Crippen LogP contribution in [0, 0.1) is 11.3 Å². The molecule has 0 radical (unpaired) electrons. The Hall–Kier alpha value is -1.47. The van der Waals surface area contributed by atoms with Gasteiger partial charge in [0.1, 0.15) is 17.4 Å². The maximum atomic E-state index is 14.3. The van der Waals surface area contributed by atoms with Gasteiger partial charge in [0.2, 0.25) is 0 Å². The van der Waals surface area contributed by atoms with Crippen molar-refractivity contribution in [2.24, 2.45) is 0 Å². The molecule has 0 bridgehead atoms. The van der Waals surface area contributed by atoms with Gasteiger partial charge in [0.15, 0.2) is 0 Å². The normalized spacial score (nSPS) is 19.0. The Kier molecular flexibility index (Phi) is 3.16. The third-order valence-electron chi connectivity index (χ3n) is 2.96. The van der Waals surface area contributed by atoms with Gasteiger partial charge in [0.25, 0.3) is 0 Å². The first-order chi connectivity index (χ1) is 7.72. The van der Waals surface area contributed by atoms with Gasteiger partial charge in [-0.15, -0.1) is 0 Å². The Morgan fingerprint density at radius 1 is 1.44 bits per heavy atom. The van der Waals surface area contributed by atoms with Gasteiger partial charge < -0.3 is 5.32 Å². The Bertz CT molecular complexity index is 388. The minimum atomic E-state index is -1.11. The number of pyridine rings is 1. The van der Waals surface area contributed by atoms with E-state index < -0.39 is 5.67 Å². The summed E-state index contributed by atoms with van der Waals surface area (Å²) in [4.78, 5) is 3.95. The summed E-state index contributed by atoms with van der Waals surface area (Å²) in [7, 11) is 0. The van der Waals surface area contributed by atoms with E-state index in [1.165, 1.54) is 0 Å². The molecule has 0 aliphatic carbocycles. The molecule has 4 heteroatoms. The van der Waals surface area contributed by atoms with E-state index in [1.807, 2.05) is 6.07 Å². The van der Waals surface area contributed by atoms with Crippen molar-refractivity contribution in [2.75, 3.05) is 13.1 Å². The molecule has 84 valence electrons. The first-order valence-electron chi connectivity index (χ1n) is 5.47. The van der Waals surface area contributed by atoms with E-state index in [0.717, 1.165) is 18.7 Å². The summed E-state index contributed by atoms with van der Waals surface area (Å²) in [5.74, 6) is 0. The monoisotopic (exact) mass is 219 g/mol. The fraction of sp³-hybridized carbons (Fsp3) is 0.500. The van der Waals surface area contributed by atoms with Crippen LogP contribution in [0.25, 0.3) is 0 Å². The quantitative estimate of drug-likeness (QED) is 0.821. The first kappa shape index (κ1) is 11.0. The predicted octanol–water partition coefficient (Wildman–Crippen LogP) is 1.59. The molecule has 1 aliphatic heterocycles. The zero-order chi connectivity index (χ0) is 11.4. The zero-order valence-corrected chi connectivity index (χ0v) is 9.04. The molecule has 2 heterocycles. The molecule has 1 N–H and O–H groups in total. The summed E-state index contributed by atoms with van der Waals surface area (Å²) in [6.45, 7) is 1.47. The Labute approximate surface area is 94.3 Å². The van der Waals surface area contributed by atoms with Crippen LogP contribution in [0.2, 0.25) is 0 Å². The highest BCUT2D eigenvalue weighted by atomic mass is 19.1. The second-order valence-electron chi connectivity index (χ2n) is 4.24. The lowest BCUT2D eigenvalue weighted by molar-refractivity contribution is 0.116. The van der Waals surface area contributed by atoms with Crippen LogP contribution < -0.4 is 5.32 Å². The van der Waals surface area contributed by atoms with Crippen molar-refractivity contribution in [2.45, 2.75) is 24.9 Å². The van der Waals surface area contributed by atoms with Crippen LogP contribution in [-0.4, -0.2) is 23.7 Å². The lowest BCUT2D eigenvalue weighted by Crippen LogP contribution is -2.40. The first-order valence-corrected chi connectivity index (χ1v) is 5.47. The van der Waals surface area contributed by atoms with Crippen LogP contribution in [0.4, 0.5) is 4.39 Å². The molecule has 3 nitrogen and oxygen atoms in total. The van der Waals surface area contributed by atoms with Crippen molar-refractivity contribution >= 4 is 0 Å². The summed E-state index contributed by atoms with van der Waals surface area (Å²) in [5.41, 5.74) is 0.131. The molecule has 0 aromatic carbocycles. The van der Waals surface area contributed by atoms with Gasteiger partial charge in [-0.25, -0.2) is 9.37 Å². The Morgan fingerprint density at radius 3 is 2.75 bits per heavy atom. The molecule has 1 aliphatic rings. The van der Waals surface area contributed by atoms with Crippen LogP contribution in [-0.2, 0) is 6.42 Å². The summed E-state index contributed by atoms with van der Waals surface area (Å²) < 4.78 is 14.3. The smallest absolute Gasteiger partial charge is 0.140 e. The second-order valence-corrected chi connectivity index (χ2v) is 4.24. The van der Waals surface area contributed by atoms with Crippen molar-refractivity contribution in [1.82, 2.24) is 10.3 Å². The van der Waals surface area contributed by atoms with Gasteiger partial charge in [-0.2, -0.15) is 5.26 Å². The van der Waals surface area contributed by atoms with Crippen molar-refractivity contribution in [3.63, 3.8) is 0 Å². The van der Waals surface area contributed by atoms with Crippen LogP contribution in [0.5, 0.6) is 0 Å². The van der Waals surface area contributed by atoms with Gasteiger partial charge in [-0.3, -0.25) is 0 Å². The van der Waals surface area contributed by atoms with Crippen molar-refractivity contribution in [3.05, 3.63) is 29.6 Å². The van der Waals surface area contributed by atoms with E-state index >= 15 is 0 Å². The predicted molar refractivity (Wildman–Crippen MR) is 58.6 cm³/mol. The maximum Gasteiger partial charge on any atom is 0.140 e. The fourth-order valence-corrected chi connectivity index (χ4v) is 2.01. The summed E-state index contributed by atoms with van der Waals surface area (Å²) >= 11 is 0. The maximum absolute atomic E-state index is 14.3. The topological polar surface area (TPSA) is 48.7 Å². The number of rotatable bonds is 2. The highest BCUT2D eigenvalue weighted by Crippen LogP contribution is 2.27. The second kappa shape index (κ2) is 4.58. The van der Waals surface area contributed by atoms with Crippen LogP contribution in [0.1, 0.15) is 24.1 Å². The average Bonchev–Trinajstić information content (AvgIpc) is 2.30. The van der Waals surface area contributed by atoms with E-state index in [9.17, 15) is 4.39 Å². The lowest BCUT2D eigenvalue weighted by Gasteiger charge is -2.29. The number of alkyl halides is 1. The largest absolute Gasteiger partial charge is 0.316 e. The number of halogens is 1. The lowest BCUT2D eigenvalue weighted by atomic mass is 9.88. The number of nitrogens with zero attached hydrogens (tertiary/aromatic N) is 2. The van der Waals surface area contributed by atoms with Crippen molar-refractivity contribution in [3.8, 4) is 6.07 Å². The number of hydrogen-bond donors (Lipinski definition) is 1. The number of aromatic nitrogens is 1. The summed E-state index contributed by atoms with van der Waals surface area (Å²) in [5, 5.41) is 11.8. The van der Waals surface area contributed by atoms with Gasteiger partial charge in [-0.05, 0) is 37.6 Å². The molecule has 0 saturated carbocycles. The van der Waals surface area contributed by atoms with E-state index in [0.29, 0.717) is 25.0 Å². The van der Waals surface area contributed by atoms with Crippen molar-refractivity contribution < 1.29 is 4.39 Å². The van der Waals surface area contributed by atoms with Gasteiger partial charge in [0, 0.05) is 12.6 Å². The van der Waals surface area contributed by atoms with E-state index in [2.05, 4.69) is 10.3 Å². The molecular weight excluding hydrogens is 205 g/mol. The molecule has 1 fully saturated rings. The highest BCUT2D eigenvalue weighted by Gasteiger charge is 2.31. The van der Waals surface area contributed by atoms with Crippen LogP contribution in [0.15, 0.2) is 18.3 Å². The standard InChI is InChI=1S/C12H14FN3/c13-12(3-5-15-6-4-12)7-10-1-2-11(8-14)16-9-10/h1-2,9,15H,3-7H2. The molecule has 1 aromatic heterocycles. The summed E-state index contributed by atoms with van der Waals surface area (Å²) in [6, 6.07) is 5.38. The van der Waals surface area contributed by atoms with Gasteiger partial charge in [-0.1, -0.05) is 6.07 Å². The minimum Gasteiger partial charge on any atom is -0.316 e. The fourth-order valence-electron chi connectivity index (χ4n) is 2.01. The molecule has 0 atom stereocenters. The molecule has 1 saturated heterocycles. The minimum absolute atomic E-state index is 0.377. The van der Waals surface area contributed by atoms with E-state index in [1.54, 1.807) is 18.3 Å². The number of hydrogen-bond acceptors (Lipinski definition) is 3. The number of piperidine rings is 1. The third kappa shape index (κ3) is 2.56. The van der Waals surface area contributed by atoms with E-state index in [4.69, 9.17) is 5.26 Å². The number of nitrogens with one attached hydrogen (secondary N) is 1. The van der Waals surface area contributed by atoms with Crippen LogP contribution in [0.3, 0.4) is 0 Å². The molecule has 0 amide bonds. The SMILES string of the molecule is N#Cc1ccc(CC2(F)CCNCC2)cn1. The molecule has 16 heavy (non-hydrogen) atoms. The number of nitriles is 1. The van der Waals surface area contributed by atoms with Gasteiger partial charge >= 0.3 is 0 Å². The molecule has 0 unspecified atom stereocenters.